The number of hydrogen-bond donors (Lipinski definition) is 2. The summed E-state index contributed by atoms with van der Waals surface area (Å²) in [4.78, 5) is 12.8. The Morgan fingerprint density at radius 1 is 1.59 bits per heavy atom. The molecule has 7 nitrogen and oxygen atoms in total. The van der Waals surface area contributed by atoms with Gasteiger partial charge in [-0.1, -0.05) is 17.8 Å². The van der Waals surface area contributed by atoms with Gasteiger partial charge in [0.05, 0.1) is 16.7 Å². The highest BCUT2D eigenvalue weighted by Crippen LogP contribution is 2.24. The summed E-state index contributed by atoms with van der Waals surface area (Å²) in [5, 5.41) is 13.5. The highest BCUT2D eigenvalue weighted by molar-refractivity contribution is 7.99. The third-order valence-electron chi connectivity index (χ3n) is 3.29. The Morgan fingerprint density at radius 3 is 3.23 bits per heavy atom. The first-order valence-electron chi connectivity index (χ1n) is 6.99. The number of aromatic nitrogens is 3. The molecular weight excluding hydrogens is 322 g/mol. The number of rotatable bonds is 6. The minimum atomic E-state index is -0.0545. The van der Waals surface area contributed by atoms with E-state index in [-0.39, 0.29) is 17.8 Å². The lowest BCUT2D eigenvalue weighted by Gasteiger charge is -2.10. The van der Waals surface area contributed by atoms with Gasteiger partial charge in [-0.25, -0.2) is 4.68 Å². The fraction of sp³-hybridized carbons (Fsp3) is 0.462. The van der Waals surface area contributed by atoms with Crippen molar-refractivity contribution in [3.05, 3.63) is 17.5 Å². The number of ether oxygens (including phenoxy) is 1. The maximum Gasteiger partial charge on any atom is 0.230 e. The van der Waals surface area contributed by atoms with E-state index in [1.807, 2.05) is 17.5 Å². The molecule has 3 rings (SSSR count). The van der Waals surface area contributed by atoms with Crippen LogP contribution >= 0.6 is 23.1 Å². The lowest BCUT2D eigenvalue weighted by Crippen LogP contribution is -2.33. The Bertz CT molecular complexity index is 622. The summed E-state index contributed by atoms with van der Waals surface area (Å²) in [7, 11) is 0. The Kier molecular flexibility index (Phi) is 4.96. The molecule has 2 aromatic rings. The molecule has 0 aliphatic carbocycles. The van der Waals surface area contributed by atoms with Crippen LogP contribution in [0.1, 0.15) is 12.8 Å². The lowest BCUT2D eigenvalue weighted by atomic mass is 10.2. The standard InChI is InChI=1S/C13H17N5O2S2/c14-18-12(10-4-2-6-21-10)16-17-13(18)22-8-11(19)15-7-9-3-1-5-20-9/h2,4,6,9H,1,3,5,7-8,14H2,(H,15,19)/t9-/m0/s1. The van der Waals surface area contributed by atoms with Crippen LogP contribution in [0.2, 0.25) is 0 Å². The van der Waals surface area contributed by atoms with E-state index in [1.54, 1.807) is 11.3 Å². The first kappa shape index (κ1) is 15.3. The molecule has 0 radical (unpaired) electrons. The van der Waals surface area contributed by atoms with Crippen molar-refractivity contribution >= 4 is 29.0 Å². The quantitative estimate of drug-likeness (QED) is 0.605. The van der Waals surface area contributed by atoms with Gasteiger partial charge in [-0.2, -0.15) is 0 Å². The van der Waals surface area contributed by atoms with Gasteiger partial charge >= 0.3 is 0 Å². The van der Waals surface area contributed by atoms with E-state index in [0.29, 0.717) is 17.5 Å². The highest BCUT2D eigenvalue weighted by atomic mass is 32.2. The topological polar surface area (TPSA) is 95.1 Å². The van der Waals surface area contributed by atoms with E-state index in [0.717, 1.165) is 24.3 Å². The zero-order valence-corrected chi connectivity index (χ0v) is 13.5. The number of carbonyl (C=O) groups excluding carboxylic acids is 1. The van der Waals surface area contributed by atoms with Crippen molar-refractivity contribution in [2.45, 2.75) is 24.1 Å². The van der Waals surface area contributed by atoms with Crippen LogP contribution in [0, 0.1) is 0 Å². The molecule has 1 aliphatic rings. The molecule has 0 bridgehead atoms. The smallest absolute Gasteiger partial charge is 0.230 e. The van der Waals surface area contributed by atoms with Crippen LogP contribution in [0.25, 0.3) is 10.7 Å². The Balaban J connectivity index is 1.50. The summed E-state index contributed by atoms with van der Waals surface area (Å²) in [6.07, 6.45) is 2.23. The number of carbonyl (C=O) groups is 1. The minimum absolute atomic E-state index is 0.0545. The molecule has 1 atom stereocenters. The van der Waals surface area contributed by atoms with Gasteiger partial charge in [0, 0.05) is 13.2 Å². The van der Waals surface area contributed by atoms with Crippen LogP contribution in [0.5, 0.6) is 0 Å². The Labute approximate surface area is 136 Å². The van der Waals surface area contributed by atoms with Crippen LogP contribution in [-0.2, 0) is 9.53 Å². The van der Waals surface area contributed by atoms with Crippen molar-refractivity contribution in [1.29, 1.82) is 0 Å². The average molecular weight is 339 g/mol. The van der Waals surface area contributed by atoms with Crippen molar-refractivity contribution in [1.82, 2.24) is 20.2 Å². The molecule has 1 aliphatic heterocycles. The molecule has 0 spiro atoms. The zero-order chi connectivity index (χ0) is 15.4. The van der Waals surface area contributed by atoms with Gasteiger partial charge in [0.15, 0.2) is 5.82 Å². The largest absolute Gasteiger partial charge is 0.376 e. The number of thioether (sulfide) groups is 1. The predicted molar refractivity (Wildman–Crippen MR) is 86.2 cm³/mol. The van der Waals surface area contributed by atoms with E-state index in [4.69, 9.17) is 10.6 Å². The SMILES string of the molecule is Nn1c(SCC(=O)NC[C@@H]2CCCO2)nnc1-c1cccs1. The average Bonchev–Trinajstić information content (AvgIpc) is 3.25. The summed E-state index contributed by atoms with van der Waals surface area (Å²) >= 11 is 2.82. The minimum Gasteiger partial charge on any atom is -0.376 e. The van der Waals surface area contributed by atoms with Gasteiger partial charge in [0.25, 0.3) is 0 Å². The third kappa shape index (κ3) is 3.60. The molecule has 1 fully saturated rings. The van der Waals surface area contributed by atoms with Crippen molar-refractivity contribution in [2.75, 3.05) is 24.7 Å². The fourth-order valence-corrected chi connectivity index (χ4v) is 3.56. The van der Waals surface area contributed by atoms with Gasteiger partial charge in [0.2, 0.25) is 11.1 Å². The van der Waals surface area contributed by atoms with E-state index in [2.05, 4.69) is 15.5 Å². The molecule has 0 aromatic carbocycles. The van der Waals surface area contributed by atoms with Crippen LogP contribution in [0.15, 0.2) is 22.7 Å². The van der Waals surface area contributed by atoms with Crippen LogP contribution in [-0.4, -0.2) is 45.8 Å². The van der Waals surface area contributed by atoms with Crippen molar-refractivity contribution in [2.24, 2.45) is 0 Å². The lowest BCUT2D eigenvalue weighted by molar-refractivity contribution is -0.119. The number of hydrogen-bond acceptors (Lipinski definition) is 7. The molecule has 118 valence electrons. The maximum absolute atomic E-state index is 11.8. The van der Waals surface area contributed by atoms with Gasteiger partial charge in [-0.15, -0.1) is 21.5 Å². The van der Waals surface area contributed by atoms with E-state index in [9.17, 15) is 4.79 Å². The molecule has 0 unspecified atom stereocenters. The monoisotopic (exact) mass is 339 g/mol. The number of nitrogens with two attached hydrogens (primary N) is 1. The number of amides is 1. The molecule has 1 saturated heterocycles. The summed E-state index contributed by atoms with van der Waals surface area (Å²) in [5.41, 5.74) is 0. The van der Waals surface area contributed by atoms with Crippen molar-refractivity contribution in [3.8, 4) is 10.7 Å². The normalized spacial score (nSPS) is 17.7. The second-order valence-corrected chi connectivity index (χ2v) is 6.77. The van der Waals surface area contributed by atoms with E-state index >= 15 is 0 Å². The Morgan fingerprint density at radius 2 is 2.50 bits per heavy atom. The van der Waals surface area contributed by atoms with Gasteiger partial charge in [-0.3, -0.25) is 4.79 Å². The molecule has 3 N–H and O–H groups in total. The second-order valence-electron chi connectivity index (χ2n) is 4.88. The fourth-order valence-electron chi connectivity index (χ4n) is 2.16. The van der Waals surface area contributed by atoms with E-state index in [1.165, 1.54) is 16.4 Å². The predicted octanol–water partition coefficient (Wildman–Crippen LogP) is 1.11. The highest BCUT2D eigenvalue weighted by Gasteiger charge is 2.17. The summed E-state index contributed by atoms with van der Waals surface area (Å²) in [6.45, 7) is 1.35. The van der Waals surface area contributed by atoms with Gasteiger partial charge < -0.3 is 15.9 Å². The molecule has 22 heavy (non-hydrogen) atoms. The van der Waals surface area contributed by atoms with Crippen LogP contribution < -0.4 is 11.2 Å². The van der Waals surface area contributed by atoms with Gasteiger partial charge in [0.1, 0.15) is 0 Å². The summed E-state index contributed by atoms with van der Waals surface area (Å²) < 4.78 is 6.88. The number of nitrogen functional groups attached to an aromatic ring is 1. The summed E-state index contributed by atoms with van der Waals surface area (Å²) in [6, 6.07) is 3.86. The Hall–Kier alpha value is -1.58. The van der Waals surface area contributed by atoms with Crippen LogP contribution in [0.4, 0.5) is 0 Å². The first-order chi connectivity index (χ1) is 10.7. The molecule has 9 heteroatoms. The number of thiophene rings is 1. The molecule has 3 heterocycles. The molecule has 2 aromatic heterocycles. The third-order valence-corrected chi connectivity index (χ3v) is 5.10. The second kappa shape index (κ2) is 7.12. The molecular formula is C13H17N5O2S2. The molecule has 1 amide bonds. The van der Waals surface area contributed by atoms with Gasteiger partial charge in [-0.05, 0) is 24.3 Å². The van der Waals surface area contributed by atoms with Crippen LogP contribution in [0.3, 0.4) is 0 Å². The number of nitrogens with zero attached hydrogens (tertiary/aromatic N) is 3. The van der Waals surface area contributed by atoms with Crippen molar-refractivity contribution in [3.63, 3.8) is 0 Å². The summed E-state index contributed by atoms with van der Waals surface area (Å²) in [5.74, 6) is 6.79. The number of nitrogens with one attached hydrogen (secondary N) is 1. The maximum atomic E-state index is 11.8. The molecule has 0 saturated carbocycles. The van der Waals surface area contributed by atoms with E-state index < -0.39 is 0 Å². The first-order valence-corrected chi connectivity index (χ1v) is 8.86. The van der Waals surface area contributed by atoms with Crippen molar-refractivity contribution < 1.29 is 9.53 Å². The zero-order valence-electron chi connectivity index (χ0n) is 11.9.